The number of hydrogen-bond donors (Lipinski definition) is 0. The molecule has 0 bridgehead atoms. The average molecular weight is 150 g/mol. The molecular weight excluding hydrogens is 140 g/mol. The van der Waals surface area contributed by atoms with Crippen LogP contribution in [0.3, 0.4) is 0 Å². The first-order valence-corrected chi connectivity index (χ1v) is 4.51. The van der Waals surface area contributed by atoms with E-state index in [-0.39, 0.29) is 5.22 Å². The van der Waals surface area contributed by atoms with E-state index in [1.54, 1.807) is 0 Å². The fourth-order valence-electron chi connectivity index (χ4n) is 1.07. The first kappa shape index (κ1) is 6.13. The number of hydrogen-bond acceptors (Lipinski definition) is 1. The molecule has 0 N–H and O–H groups in total. The molecule has 52 valence electrons. The number of rotatable bonds is 1. The van der Waals surface area contributed by atoms with E-state index in [4.69, 9.17) is 4.74 Å². The van der Waals surface area contributed by atoms with Gasteiger partial charge in [-0.3, -0.25) is 0 Å². The minimum absolute atomic E-state index is 0.182. The summed E-state index contributed by atoms with van der Waals surface area (Å²) >= 11 is 0. The maximum atomic E-state index is 5.34. The lowest BCUT2D eigenvalue weighted by atomic mass is 10.2. The Morgan fingerprint density at radius 2 is 1.90 bits per heavy atom. The molecule has 1 heterocycles. The molecule has 1 aliphatic heterocycles. The molecule has 1 aromatic rings. The van der Waals surface area contributed by atoms with E-state index >= 15 is 0 Å². The highest BCUT2D eigenvalue weighted by Crippen LogP contribution is 2.34. The molecule has 0 aliphatic carbocycles. The van der Waals surface area contributed by atoms with Crippen molar-refractivity contribution in [2.45, 2.75) is 5.22 Å². The van der Waals surface area contributed by atoms with Gasteiger partial charge < -0.3 is 4.74 Å². The van der Waals surface area contributed by atoms with Crippen molar-refractivity contribution >= 4 is 10.2 Å². The normalized spacial score (nSPS) is 30.4. The molecule has 1 nitrogen and oxygen atoms in total. The van der Waals surface area contributed by atoms with Crippen LogP contribution in [0.2, 0.25) is 0 Å². The third-order valence-corrected chi connectivity index (χ3v) is 3.12. The van der Waals surface area contributed by atoms with Gasteiger partial charge in [-0.05, 0) is 5.56 Å². The lowest BCUT2D eigenvalue weighted by Crippen LogP contribution is -2.06. The zero-order chi connectivity index (χ0) is 7.03. The van der Waals surface area contributed by atoms with Gasteiger partial charge in [-0.2, -0.15) is 0 Å². The summed E-state index contributed by atoms with van der Waals surface area (Å²) < 4.78 is 5.34. The molecule has 1 saturated heterocycles. The summed E-state index contributed by atoms with van der Waals surface area (Å²) in [6.45, 7) is 0.934. The SMILES string of the molecule is [SiH3]C1(c2ccccc2)CO1. The standard InChI is InChI=1S/C8H10OSi/c10-8(6-9-8)7-4-2-1-3-5-7/h1-5H,6H2,10H3. The molecule has 0 saturated carbocycles. The van der Waals surface area contributed by atoms with Crippen LogP contribution in [0, 0.1) is 0 Å². The van der Waals surface area contributed by atoms with Crippen LogP contribution in [-0.2, 0) is 9.96 Å². The zero-order valence-corrected chi connectivity index (χ0v) is 8.00. The highest BCUT2D eigenvalue weighted by molar-refractivity contribution is 6.16. The van der Waals surface area contributed by atoms with Crippen molar-refractivity contribution in [3.8, 4) is 0 Å². The molecule has 1 unspecified atom stereocenters. The molecule has 2 heteroatoms. The predicted octanol–water partition coefficient (Wildman–Crippen LogP) is 0.235. The Balaban J connectivity index is 2.35. The summed E-state index contributed by atoms with van der Waals surface area (Å²) in [4.78, 5) is 0. The van der Waals surface area contributed by atoms with Gasteiger partial charge in [0.05, 0.1) is 22.1 Å². The number of benzene rings is 1. The van der Waals surface area contributed by atoms with E-state index in [0.29, 0.717) is 0 Å². The summed E-state index contributed by atoms with van der Waals surface area (Å²) in [5.41, 5.74) is 1.35. The van der Waals surface area contributed by atoms with E-state index in [1.165, 1.54) is 5.56 Å². The maximum Gasteiger partial charge on any atom is 0.0951 e. The fourth-order valence-corrected chi connectivity index (χ4v) is 1.54. The molecule has 0 amide bonds. The second kappa shape index (κ2) is 1.94. The molecular formula is C8H10OSi. The lowest BCUT2D eigenvalue weighted by Gasteiger charge is -2.02. The van der Waals surface area contributed by atoms with E-state index in [2.05, 4.69) is 24.3 Å². The van der Waals surface area contributed by atoms with Crippen LogP contribution in [0.1, 0.15) is 5.56 Å². The summed E-state index contributed by atoms with van der Waals surface area (Å²) in [6, 6.07) is 10.4. The Morgan fingerprint density at radius 1 is 1.30 bits per heavy atom. The van der Waals surface area contributed by atoms with Crippen LogP contribution in [0.15, 0.2) is 30.3 Å². The van der Waals surface area contributed by atoms with Crippen molar-refractivity contribution in [3.63, 3.8) is 0 Å². The van der Waals surface area contributed by atoms with Crippen LogP contribution in [0.5, 0.6) is 0 Å². The molecule has 1 fully saturated rings. The van der Waals surface area contributed by atoms with Gasteiger partial charge in [0.2, 0.25) is 0 Å². The van der Waals surface area contributed by atoms with E-state index in [0.717, 1.165) is 16.8 Å². The van der Waals surface area contributed by atoms with E-state index in [1.807, 2.05) is 6.07 Å². The first-order valence-electron chi connectivity index (χ1n) is 3.51. The van der Waals surface area contributed by atoms with Crippen LogP contribution < -0.4 is 0 Å². The summed E-state index contributed by atoms with van der Waals surface area (Å²) in [6.07, 6.45) is 0. The summed E-state index contributed by atoms with van der Waals surface area (Å²) in [5.74, 6) is 0. The van der Waals surface area contributed by atoms with Gasteiger partial charge in [0.15, 0.2) is 0 Å². The van der Waals surface area contributed by atoms with Gasteiger partial charge in [-0.15, -0.1) is 0 Å². The summed E-state index contributed by atoms with van der Waals surface area (Å²) in [7, 11) is 1.10. The molecule has 1 aromatic carbocycles. The second-order valence-corrected chi connectivity index (χ2v) is 4.50. The van der Waals surface area contributed by atoms with Gasteiger partial charge in [0.25, 0.3) is 0 Å². The zero-order valence-electron chi connectivity index (χ0n) is 6.00. The molecule has 2 rings (SSSR count). The topological polar surface area (TPSA) is 12.5 Å². The fraction of sp³-hybridized carbons (Fsp3) is 0.250. The Kier molecular flexibility index (Phi) is 1.19. The highest BCUT2D eigenvalue weighted by atomic mass is 28.1. The largest absolute Gasteiger partial charge is 0.370 e. The van der Waals surface area contributed by atoms with Crippen molar-refractivity contribution in [2.24, 2.45) is 0 Å². The second-order valence-electron chi connectivity index (χ2n) is 2.89. The highest BCUT2D eigenvalue weighted by Gasteiger charge is 2.40. The monoisotopic (exact) mass is 150 g/mol. The minimum atomic E-state index is 0.182. The summed E-state index contributed by atoms with van der Waals surface area (Å²) in [5, 5.41) is 0.182. The van der Waals surface area contributed by atoms with Crippen LogP contribution >= 0.6 is 0 Å². The van der Waals surface area contributed by atoms with Crippen molar-refractivity contribution in [2.75, 3.05) is 6.61 Å². The van der Waals surface area contributed by atoms with Crippen LogP contribution in [0.25, 0.3) is 0 Å². The van der Waals surface area contributed by atoms with Gasteiger partial charge in [0.1, 0.15) is 0 Å². The van der Waals surface area contributed by atoms with Gasteiger partial charge in [0, 0.05) is 0 Å². The van der Waals surface area contributed by atoms with E-state index < -0.39 is 0 Å². The van der Waals surface area contributed by atoms with E-state index in [9.17, 15) is 0 Å². The van der Waals surface area contributed by atoms with Crippen molar-refractivity contribution in [1.29, 1.82) is 0 Å². The minimum Gasteiger partial charge on any atom is -0.370 e. The Hall–Kier alpha value is -0.603. The van der Waals surface area contributed by atoms with Crippen LogP contribution in [0.4, 0.5) is 0 Å². The van der Waals surface area contributed by atoms with Gasteiger partial charge in [-0.25, -0.2) is 0 Å². The number of ether oxygens (including phenoxy) is 1. The average Bonchev–Trinajstić information content (AvgIpc) is 2.72. The third kappa shape index (κ3) is 0.894. The molecule has 0 radical (unpaired) electrons. The Bertz CT molecular complexity index is 228. The molecule has 1 aliphatic rings. The smallest absolute Gasteiger partial charge is 0.0951 e. The van der Waals surface area contributed by atoms with Crippen LogP contribution in [-0.4, -0.2) is 16.8 Å². The van der Waals surface area contributed by atoms with Crippen molar-refractivity contribution in [1.82, 2.24) is 0 Å². The molecule has 10 heavy (non-hydrogen) atoms. The van der Waals surface area contributed by atoms with Gasteiger partial charge in [-0.1, -0.05) is 30.3 Å². The quantitative estimate of drug-likeness (QED) is 0.412. The lowest BCUT2D eigenvalue weighted by molar-refractivity contribution is 0.385. The molecule has 1 atom stereocenters. The molecule has 0 spiro atoms. The molecule has 0 aromatic heterocycles. The Morgan fingerprint density at radius 3 is 2.40 bits per heavy atom. The number of epoxide rings is 1. The third-order valence-electron chi connectivity index (χ3n) is 1.96. The van der Waals surface area contributed by atoms with Crippen molar-refractivity contribution < 1.29 is 4.74 Å². The maximum absolute atomic E-state index is 5.34. The van der Waals surface area contributed by atoms with Gasteiger partial charge >= 0.3 is 0 Å². The predicted molar refractivity (Wildman–Crippen MR) is 44.0 cm³/mol. The van der Waals surface area contributed by atoms with Crippen molar-refractivity contribution in [3.05, 3.63) is 35.9 Å². The Labute approximate surface area is 63.4 Å². The first-order chi connectivity index (χ1) is 4.81.